The van der Waals surface area contributed by atoms with Gasteiger partial charge in [0.25, 0.3) is 0 Å². The molecule has 4 rings (SSSR count). The zero-order valence-electron chi connectivity index (χ0n) is 15.2. The van der Waals surface area contributed by atoms with Crippen molar-refractivity contribution >= 4 is 5.91 Å². The zero-order valence-corrected chi connectivity index (χ0v) is 15.2. The average molecular weight is 371 g/mol. The van der Waals surface area contributed by atoms with Crippen LogP contribution in [0.4, 0.5) is 4.39 Å². The van der Waals surface area contributed by atoms with Crippen LogP contribution in [0, 0.1) is 11.7 Å². The van der Waals surface area contributed by atoms with E-state index in [-0.39, 0.29) is 30.4 Å². The molecular weight excluding hydrogens is 349 g/mol. The van der Waals surface area contributed by atoms with E-state index in [0.717, 1.165) is 12.0 Å². The number of halogens is 1. The largest absolute Gasteiger partial charge is 0.493 e. The Morgan fingerprint density at radius 3 is 2.74 bits per heavy atom. The highest BCUT2D eigenvalue weighted by molar-refractivity contribution is 5.73. The van der Waals surface area contributed by atoms with Crippen LogP contribution in [0.25, 0.3) is 0 Å². The van der Waals surface area contributed by atoms with Gasteiger partial charge >= 0.3 is 0 Å². The fourth-order valence-electron chi connectivity index (χ4n) is 3.81. The summed E-state index contributed by atoms with van der Waals surface area (Å²) in [6.45, 7) is 3.61. The molecule has 1 saturated heterocycles. The second kappa shape index (κ2) is 7.47. The van der Waals surface area contributed by atoms with Crippen molar-refractivity contribution in [2.24, 2.45) is 5.92 Å². The summed E-state index contributed by atoms with van der Waals surface area (Å²) in [7, 11) is 0. The van der Waals surface area contributed by atoms with Gasteiger partial charge in [0.05, 0.1) is 6.61 Å². The SMILES string of the molecule is CC(=O)N1CCC(c2ccc(F)cc2)C(COc2ccc3c(c2)OCO3)C1. The number of piperidine rings is 1. The summed E-state index contributed by atoms with van der Waals surface area (Å²) < 4.78 is 30.0. The van der Waals surface area contributed by atoms with Crippen molar-refractivity contribution in [1.82, 2.24) is 4.90 Å². The van der Waals surface area contributed by atoms with Crippen LogP contribution >= 0.6 is 0 Å². The fourth-order valence-corrected chi connectivity index (χ4v) is 3.81. The molecular formula is C21H22FNO4. The van der Waals surface area contributed by atoms with Crippen LogP contribution in [0.5, 0.6) is 17.2 Å². The Balaban J connectivity index is 1.49. The normalized spacial score (nSPS) is 21.2. The third kappa shape index (κ3) is 3.84. The van der Waals surface area contributed by atoms with Crippen molar-refractivity contribution in [3.8, 4) is 17.2 Å². The van der Waals surface area contributed by atoms with E-state index in [1.807, 2.05) is 35.2 Å². The fraction of sp³-hybridized carbons (Fsp3) is 0.381. The van der Waals surface area contributed by atoms with Crippen LogP contribution in [-0.4, -0.2) is 37.3 Å². The third-order valence-corrected chi connectivity index (χ3v) is 5.29. The highest BCUT2D eigenvalue weighted by Crippen LogP contribution is 2.37. The number of hydrogen-bond donors (Lipinski definition) is 0. The van der Waals surface area contributed by atoms with E-state index in [2.05, 4.69) is 0 Å². The number of nitrogens with zero attached hydrogens (tertiary/aromatic N) is 1. The zero-order chi connectivity index (χ0) is 18.8. The lowest BCUT2D eigenvalue weighted by Gasteiger charge is -2.38. The number of carbonyl (C=O) groups excluding carboxylic acids is 1. The molecule has 0 radical (unpaired) electrons. The molecule has 5 nitrogen and oxygen atoms in total. The molecule has 2 aromatic rings. The molecule has 2 aliphatic rings. The van der Waals surface area contributed by atoms with Gasteiger partial charge in [-0.15, -0.1) is 0 Å². The van der Waals surface area contributed by atoms with Gasteiger partial charge in [-0.3, -0.25) is 4.79 Å². The van der Waals surface area contributed by atoms with Gasteiger partial charge in [-0.25, -0.2) is 4.39 Å². The lowest BCUT2D eigenvalue weighted by Crippen LogP contribution is -2.44. The molecule has 2 aliphatic heterocycles. The highest BCUT2D eigenvalue weighted by atomic mass is 19.1. The summed E-state index contributed by atoms with van der Waals surface area (Å²) in [4.78, 5) is 13.7. The molecule has 0 spiro atoms. The van der Waals surface area contributed by atoms with E-state index in [1.165, 1.54) is 12.1 Å². The first-order chi connectivity index (χ1) is 13.1. The Morgan fingerprint density at radius 2 is 1.96 bits per heavy atom. The van der Waals surface area contributed by atoms with Crippen LogP contribution in [0.2, 0.25) is 0 Å². The van der Waals surface area contributed by atoms with Crippen molar-refractivity contribution in [2.45, 2.75) is 19.3 Å². The lowest BCUT2D eigenvalue weighted by molar-refractivity contribution is -0.131. The number of ether oxygens (including phenoxy) is 3. The molecule has 142 valence electrons. The summed E-state index contributed by atoms with van der Waals surface area (Å²) in [5.74, 6) is 2.27. The Kier molecular flexibility index (Phi) is 4.88. The van der Waals surface area contributed by atoms with Gasteiger partial charge in [-0.2, -0.15) is 0 Å². The first kappa shape index (κ1) is 17.6. The van der Waals surface area contributed by atoms with Gasteiger partial charge in [0, 0.05) is 32.0 Å². The number of fused-ring (bicyclic) bond motifs is 1. The number of benzene rings is 2. The van der Waals surface area contributed by atoms with E-state index in [4.69, 9.17) is 14.2 Å². The molecule has 1 fully saturated rings. The molecule has 0 N–H and O–H groups in total. The summed E-state index contributed by atoms with van der Waals surface area (Å²) in [6.07, 6.45) is 0.834. The second-order valence-corrected chi connectivity index (χ2v) is 7.00. The molecule has 27 heavy (non-hydrogen) atoms. The van der Waals surface area contributed by atoms with Gasteiger partial charge in [-0.05, 0) is 42.2 Å². The van der Waals surface area contributed by atoms with Crippen LogP contribution < -0.4 is 14.2 Å². The van der Waals surface area contributed by atoms with Gasteiger partial charge in [0.15, 0.2) is 11.5 Å². The Hall–Kier alpha value is -2.76. The first-order valence-corrected chi connectivity index (χ1v) is 9.13. The average Bonchev–Trinajstić information content (AvgIpc) is 3.14. The number of likely N-dealkylation sites (tertiary alicyclic amines) is 1. The van der Waals surface area contributed by atoms with Crippen molar-refractivity contribution in [1.29, 1.82) is 0 Å². The monoisotopic (exact) mass is 371 g/mol. The smallest absolute Gasteiger partial charge is 0.231 e. The van der Waals surface area contributed by atoms with Crippen LogP contribution in [-0.2, 0) is 4.79 Å². The van der Waals surface area contributed by atoms with Gasteiger partial charge in [0.2, 0.25) is 12.7 Å². The second-order valence-electron chi connectivity index (χ2n) is 7.00. The number of rotatable bonds is 4. The topological polar surface area (TPSA) is 48.0 Å². The lowest BCUT2D eigenvalue weighted by atomic mass is 9.81. The van der Waals surface area contributed by atoms with Crippen molar-refractivity contribution in [3.63, 3.8) is 0 Å². The maximum Gasteiger partial charge on any atom is 0.231 e. The van der Waals surface area contributed by atoms with Crippen molar-refractivity contribution in [3.05, 3.63) is 53.8 Å². The summed E-state index contributed by atoms with van der Waals surface area (Å²) in [6, 6.07) is 12.1. The van der Waals surface area contributed by atoms with Gasteiger partial charge in [-0.1, -0.05) is 12.1 Å². The predicted molar refractivity (Wildman–Crippen MR) is 97.6 cm³/mol. The number of carbonyl (C=O) groups is 1. The van der Waals surface area contributed by atoms with Crippen molar-refractivity contribution in [2.75, 3.05) is 26.5 Å². The molecule has 2 heterocycles. The highest BCUT2D eigenvalue weighted by Gasteiger charge is 2.32. The molecule has 2 unspecified atom stereocenters. The quantitative estimate of drug-likeness (QED) is 0.824. The summed E-state index contributed by atoms with van der Waals surface area (Å²) >= 11 is 0. The van der Waals surface area contributed by atoms with Gasteiger partial charge in [0.1, 0.15) is 11.6 Å². The molecule has 6 heteroatoms. The molecule has 0 bridgehead atoms. The molecule has 2 atom stereocenters. The predicted octanol–water partition coefficient (Wildman–Crippen LogP) is 3.59. The molecule has 2 aromatic carbocycles. The minimum Gasteiger partial charge on any atom is -0.493 e. The number of amides is 1. The first-order valence-electron chi connectivity index (χ1n) is 9.13. The molecule has 0 saturated carbocycles. The Labute approximate surface area is 157 Å². The molecule has 1 amide bonds. The van der Waals surface area contributed by atoms with E-state index in [0.29, 0.717) is 36.9 Å². The standard InChI is InChI=1S/C21H22FNO4/c1-14(24)23-9-8-19(15-2-4-17(22)5-3-15)16(11-23)12-25-18-6-7-20-21(10-18)27-13-26-20/h2-7,10,16,19H,8-9,11-13H2,1H3. The maximum atomic E-state index is 13.3. The van der Waals surface area contributed by atoms with E-state index in [1.54, 1.807) is 6.92 Å². The van der Waals surface area contributed by atoms with E-state index >= 15 is 0 Å². The Morgan fingerprint density at radius 1 is 1.19 bits per heavy atom. The third-order valence-electron chi connectivity index (χ3n) is 5.29. The van der Waals surface area contributed by atoms with Crippen LogP contribution in [0.15, 0.2) is 42.5 Å². The summed E-state index contributed by atoms with van der Waals surface area (Å²) in [5, 5.41) is 0. The van der Waals surface area contributed by atoms with Crippen LogP contribution in [0.3, 0.4) is 0 Å². The Bertz CT molecular complexity index is 823. The maximum absolute atomic E-state index is 13.3. The van der Waals surface area contributed by atoms with Crippen molar-refractivity contribution < 1.29 is 23.4 Å². The molecule has 0 aliphatic carbocycles. The number of hydrogen-bond acceptors (Lipinski definition) is 4. The minimum absolute atomic E-state index is 0.0700. The minimum atomic E-state index is -0.243. The summed E-state index contributed by atoms with van der Waals surface area (Å²) in [5.41, 5.74) is 1.08. The molecule has 0 aromatic heterocycles. The van der Waals surface area contributed by atoms with E-state index < -0.39 is 0 Å². The van der Waals surface area contributed by atoms with Crippen LogP contribution in [0.1, 0.15) is 24.8 Å². The van der Waals surface area contributed by atoms with E-state index in [9.17, 15) is 9.18 Å². The van der Waals surface area contributed by atoms with Gasteiger partial charge < -0.3 is 19.1 Å².